The minimum Gasteiger partial charge on any atom is -0.341 e. The van der Waals surface area contributed by atoms with Gasteiger partial charge in [0.1, 0.15) is 11.5 Å². The first-order valence-corrected chi connectivity index (χ1v) is 11.9. The van der Waals surface area contributed by atoms with E-state index in [1.165, 1.54) is 6.92 Å². The van der Waals surface area contributed by atoms with Crippen LogP contribution < -0.4 is 16.2 Å². The number of hydrogen-bond acceptors (Lipinski definition) is 7. The quantitative estimate of drug-likeness (QED) is 0.441. The summed E-state index contributed by atoms with van der Waals surface area (Å²) in [6.45, 7) is 5.19. The highest BCUT2D eigenvalue weighted by atomic mass is 16.1. The van der Waals surface area contributed by atoms with E-state index in [2.05, 4.69) is 37.4 Å². The maximum absolute atomic E-state index is 13.4. The molecule has 2 aliphatic rings. The van der Waals surface area contributed by atoms with E-state index in [1.54, 1.807) is 17.7 Å². The molecule has 4 aromatic rings. The highest BCUT2D eigenvalue weighted by molar-refractivity contribution is 5.99. The zero-order valence-electron chi connectivity index (χ0n) is 19.3. The first-order chi connectivity index (χ1) is 16.5. The number of aryl methyl sites for hydroxylation is 1. The molecule has 1 aliphatic carbocycles. The molecule has 0 unspecified atom stereocenters. The molecule has 1 aliphatic heterocycles. The Morgan fingerprint density at radius 2 is 1.94 bits per heavy atom. The number of nitrogens with zero attached hydrogens (tertiary/aromatic N) is 5. The zero-order valence-corrected chi connectivity index (χ0v) is 19.3. The summed E-state index contributed by atoms with van der Waals surface area (Å²) >= 11 is 0. The first-order valence-electron chi connectivity index (χ1n) is 11.9. The average molecular weight is 458 g/mol. The fourth-order valence-corrected chi connectivity index (χ4v) is 5.33. The van der Waals surface area contributed by atoms with Gasteiger partial charge in [-0.25, -0.2) is 9.97 Å². The second-order valence-corrected chi connectivity index (χ2v) is 9.39. The van der Waals surface area contributed by atoms with Crippen molar-refractivity contribution in [2.75, 3.05) is 18.4 Å². The number of anilines is 2. The Morgan fingerprint density at radius 1 is 1.15 bits per heavy atom. The molecule has 0 bridgehead atoms. The van der Waals surface area contributed by atoms with Crippen LogP contribution in [0.25, 0.3) is 21.9 Å². The van der Waals surface area contributed by atoms with Crippen molar-refractivity contribution in [3.8, 4) is 0 Å². The third-order valence-corrected chi connectivity index (χ3v) is 7.25. The molecule has 0 radical (unpaired) electrons. The van der Waals surface area contributed by atoms with Crippen molar-refractivity contribution in [2.24, 2.45) is 0 Å². The molecule has 1 saturated heterocycles. The molecule has 5 heterocycles. The van der Waals surface area contributed by atoms with E-state index in [0.717, 1.165) is 55.1 Å². The minimum atomic E-state index is -0.250. The van der Waals surface area contributed by atoms with E-state index in [0.29, 0.717) is 29.0 Å². The summed E-state index contributed by atoms with van der Waals surface area (Å²) in [7, 11) is 0. The molecule has 6 rings (SSSR count). The smallest absolute Gasteiger partial charge is 0.263 e. The number of carbonyl (C=O) groups is 1. The Balaban J connectivity index is 1.42. The van der Waals surface area contributed by atoms with E-state index >= 15 is 0 Å². The van der Waals surface area contributed by atoms with Crippen molar-refractivity contribution in [3.63, 3.8) is 0 Å². The van der Waals surface area contributed by atoms with Crippen molar-refractivity contribution in [2.45, 2.75) is 51.6 Å². The fraction of sp³-hybridized carbons (Fsp3) is 0.400. The fourth-order valence-electron chi connectivity index (χ4n) is 5.33. The van der Waals surface area contributed by atoms with E-state index in [4.69, 9.17) is 4.98 Å². The first kappa shape index (κ1) is 21.0. The Bertz CT molecular complexity index is 1490. The van der Waals surface area contributed by atoms with Gasteiger partial charge in [0.2, 0.25) is 5.95 Å². The minimum absolute atomic E-state index is 0.0479. The van der Waals surface area contributed by atoms with Crippen molar-refractivity contribution in [1.82, 2.24) is 29.4 Å². The van der Waals surface area contributed by atoms with Gasteiger partial charge in [0.25, 0.3) is 5.56 Å². The lowest BCUT2D eigenvalue weighted by atomic mass is 10.0. The Hall–Kier alpha value is -3.59. The van der Waals surface area contributed by atoms with Gasteiger partial charge >= 0.3 is 0 Å². The molecular weight excluding hydrogens is 430 g/mol. The Kier molecular flexibility index (Phi) is 4.95. The number of hydrogen-bond donors (Lipinski definition) is 2. The number of pyridine rings is 2. The largest absolute Gasteiger partial charge is 0.341 e. The number of ketones is 1. The summed E-state index contributed by atoms with van der Waals surface area (Å²) in [5.41, 5.74) is 2.29. The molecule has 9 heteroatoms. The topological polar surface area (TPSA) is 107 Å². The van der Waals surface area contributed by atoms with Crippen LogP contribution in [0.4, 0.5) is 11.8 Å². The number of fused-ring (bicyclic) bond motifs is 2. The predicted molar refractivity (Wildman–Crippen MR) is 131 cm³/mol. The van der Waals surface area contributed by atoms with E-state index in [9.17, 15) is 9.59 Å². The summed E-state index contributed by atoms with van der Waals surface area (Å²) in [5, 5.41) is 8.34. The van der Waals surface area contributed by atoms with Gasteiger partial charge < -0.3 is 15.2 Å². The molecule has 0 atom stereocenters. The summed E-state index contributed by atoms with van der Waals surface area (Å²) in [5.74, 6) is 0.798. The van der Waals surface area contributed by atoms with E-state index in [1.807, 2.05) is 12.3 Å². The lowest BCUT2D eigenvalue weighted by Crippen LogP contribution is -2.43. The molecular formula is C25H27N7O2. The third-order valence-electron chi connectivity index (χ3n) is 7.25. The molecule has 2 fully saturated rings. The van der Waals surface area contributed by atoms with Crippen LogP contribution in [0.3, 0.4) is 0 Å². The van der Waals surface area contributed by atoms with Gasteiger partial charge in [-0.2, -0.15) is 4.98 Å². The van der Waals surface area contributed by atoms with Gasteiger partial charge in [0, 0.05) is 42.3 Å². The highest BCUT2D eigenvalue weighted by Gasteiger charge is 2.26. The number of rotatable bonds is 5. The van der Waals surface area contributed by atoms with Crippen molar-refractivity contribution >= 4 is 39.5 Å². The van der Waals surface area contributed by atoms with Crippen LogP contribution in [0.5, 0.6) is 0 Å². The Morgan fingerprint density at radius 3 is 2.65 bits per heavy atom. The second-order valence-electron chi connectivity index (χ2n) is 9.39. The molecule has 4 aromatic heterocycles. The zero-order chi connectivity index (χ0) is 23.4. The van der Waals surface area contributed by atoms with Crippen molar-refractivity contribution < 1.29 is 4.79 Å². The molecule has 0 aromatic carbocycles. The summed E-state index contributed by atoms with van der Waals surface area (Å²) in [6, 6.07) is 4.59. The van der Waals surface area contributed by atoms with Crippen LogP contribution in [0.1, 0.15) is 60.6 Å². The van der Waals surface area contributed by atoms with Crippen LogP contribution in [-0.4, -0.2) is 43.0 Å². The van der Waals surface area contributed by atoms with Crippen molar-refractivity contribution in [3.05, 3.63) is 52.2 Å². The summed E-state index contributed by atoms with van der Waals surface area (Å²) < 4.78 is 3.98. The van der Waals surface area contributed by atoms with Crippen molar-refractivity contribution in [1.29, 1.82) is 0 Å². The summed E-state index contributed by atoms with van der Waals surface area (Å²) in [6.07, 6.45) is 9.63. The molecule has 9 nitrogen and oxygen atoms in total. The number of carbonyl (C=O) groups excluding carboxylic acids is 1. The number of nitrogens with one attached hydrogen (secondary N) is 2. The molecule has 0 spiro atoms. The third kappa shape index (κ3) is 3.30. The molecule has 0 amide bonds. The van der Waals surface area contributed by atoms with Crippen LogP contribution >= 0.6 is 0 Å². The SMILES string of the molecule is CC(=O)c1c(C)c2cnc(Nc3cc4ccn(C5CNC5)c4cn3)nc2n(C2CCCC2)c1=O. The van der Waals surface area contributed by atoms with Crippen LogP contribution in [0.2, 0.25) is 0 Å². The lowest BCUT2D eigenvalue weighted by molar-refractivity contribution is 0.101. The maximum Gasteiger partial charge on any atom is 0.263 e. The average Bonchev–Trinajstić information content (AvgIpc) is 3.43. The number of aromatic nitrogens is 5. The predicted octanol–water partition coefficient (Wildman–Crippen LogP) is 3.66. The number of Topliss-reactive ketones (excluding diaryl/α,β-unsaturated/α-hetero) is 1. The van der Waals surface area contributed by atoms with Gasteiger partial charge in [-0.05, 0) is 44.4 Å². The van der Waals surface area contributed by atoms with Gasteiger partial charge in [0.15, 0.2) is 5.78 Å². The van der Waals surface area contributed by atoms with Gasteiger partial charge in [-0.1, -0.05) is 12.8 Å². The van der Waals surface area contributed by atoms with Gasteiger partial charge in [-0.3, -0.25) is 14.2 Å². The normalized spacial score (nSPS) is 16.9. The van der Waals surface area contributed by atoms with Gasteiger partial charge in [-0.15, -0.1) is 0 Å². The Labute approximate surface area is 196 Å². The monoisotopic (exact) mass is 457 g/mol. The molecule has 34 heavy (non-hydrogen) atoms. The lowest BCUT2D eigenvalue weighted by Gasteiger charge is -2.29. The van der Waals surface area contributed by atoms with Crippen LogP contribution in [-0.2, 0) is 0 Å². The second kappa shape index (κ2) is 8.02. The summed E-state index contributed by atoms with van der Waals surface area (Å²) in [4.78, 5) is 39.5. The standard InChI is InChI=1S/C25H27N7O2/c1-14-19-12-28-25(29-21-9-16-7-8-31(18-10-26-11-18)20(16)13-27-21)30-23(19)32(17-5-3-4-6-17)24(34)22(14)15(2)33/h7-9,12-13,17-18,26H,3-6,10-11H2,1-2H3,(H,27,28,29,30). The van der Waals surface area contributed by atoms with Crippen LogP contribution in [0.15, 0.2) is 35.5 Å². The maximum atomic E-state index is 13.4. The molecule has 2 N–H and O–H groups in total. The van der Waals surface area contributed by atoms with E-state index < -0.39 is 0 Å². The molecule has 174 valence electrons. The highest BCUT2D eigenvalue weighted by Crippen LogP contribution is 2.32. The van der Waals surface area contributed by atoms with E-state index in [-0.39, 0.29) is 22.9 Å². The van der Waals surface area contributed by atoms with Gasteiger partial charge in [0.05, 0.1) is 23.3 Å². The molecule has 1 saturated carbocycles. The van der Waals surface area contributed by atoms with Crippen LogP contribution in [0, 0.1) is 6.92 Å².